The van der Waals surface area contributed by atoms with Crippen molar-refractivity contribution >= 4 is 12.1 Å². The highest BCUT2D eigenvalue weighted by Crippen LogP contribution is 2.41. The van der Waals surface area contributed by atoms with Crippen LogP contribution in [0.3, 0.4) is 0 Å². The number of amides is 1. The first-order valence-electron chi connectivity index (χ1n) is 8.69. The van der Waals surface area contributed by atoms with Crippen LogP contribution in [-0.2, 0) is 4.74 Å². The van der Waals surface area contributed by atoms with Crippen LogP contribution < -0.4 is 10.6 Å². The lowest BCUT2D eigenvalue weighted by Crippen LogP contribution is -2.50. The number of piperidine rings is 1. The molecule has 25 heavy (non-hydrogen) atoms. The summed E-state index contributed by atoms with van der Waals surface area (Å²) in [6, 6.07) is 7.41. The molecule has 1 aromatic carbocycles. The van der Waals surface area contributed by atoms with E-state index in [1.165, 1.54) is 13.2 Å². The van der Waals surface area contributed by atoms with Crippen LogP contribution in [-0.4, -0.2) is 56.3 Å². The molecule has 2 N–H and O–H groups in total. The molecular formula is C18H25FN4O2. The minimum atomic E-state index is -0.272. The van der Waals surface area contributed by atoms with Gasteiger partial charge in [-0.1, -0.05) is 18.2 Å². The van der Waals surface area contributed by atoms with Gasteiger partial charge in [-0.25, -0.2) is 9.18 Å². The number of rotatable bonds is 3. The number of carbonyl (C=O) groups excluding carboxylic acids is 1. The van der Waals surface area contributed by atoms with Crippen LogP contribution in [0.1, 0.15) is 30.7 Å². The maximum Gasteiger partial charge on any atom is 0.409 e. The number of ether oxygens (including phenoxy) is 1. The topological polar surface area (TPSA) is 66.0 Å². The lowest BCUT2D eigenvalue weighted by Gasteiger charge is -2.32. The van der Waals surface area contributed by atoms with Crippen molar-refractivity contribution in [3.8, 4) is 0 Å². The first-order chi connectivity index (χ1) is 12.1. The zero-order valence-corrected chi connectivity index (χ0v) is 14.7. The normalized spacial score (nSPS) is 24.0. The van der Waals surface area contributed by atoms with Crippen molar-refractivity contribution in [3.63, 3.8) is 0 Å². The summed E-state index contributed by atoms with van der Waals surface area (Å²) in [5.41, 5.74) is 0.766. The molecule has 2 aliphatic rings. The average Bonchev–Trinajstić information content (AvgIpc) is 3.40. The van der Waals surface area contributed by atoms with Gasteiger partial charge in [-0.3, -0.25) is 4.99 Å². The number of guanidine groups is 1. The Hall–Kier alpha value is -2.31. The second-order valence-corrected chi connectivity index (χ2v) is 6.56. The number of hydrogen-bond donors (Lipinski definition) is 2. The van der Waals surface area contributed by atoms with E-state index in [9.17, 15) is 9.18 Å². The highest BCUT2D eigenvalue weighted by molar-refractivity contribution is 5.81. The first kappa shape index (κ1) is 17.5. The molecule has 1 saturated heterocycles. The zero-order chi connectivity index (χ0) is 17.8. The summed E-state index contributed by atoms with van der Waals surface area (Å²) in [5, 5.41) is 6.78. The predicted octanol–water partition coefficient (Wildman–Crippen LogP) is 2.08. The maximum absolute atomic E-state index is 13.9. The van der Waals surface area contributed by atoms with Gasteiger partial charge in [0.25, 0.3) is 0 Å². The molecule has 1 aromatic rings. The van der Waals surface area contributed by atoms with E-state index in [0.29, 0.717) is 13.1 Å². The highest BCUT2D eigenvalue weighted by Gasteiger charge is 2.40. The number of methoxy groups -OCH3 is 1. The van der Waals surface area contributed by atoms with Gasteiger partial charge in [0.2, 0.25) is 0 Å². The van der Waals surface area contributed by atoms with E-state index < -0.39 is 0 Å². The van der Waals surface area contributed by atoms with Crippen LogP contribution in [0.2, 0.25) is 0 Å². The van der Waals surface area contributed by atoms with Crippen LogP contribution in [0, 0.1) is 5.82 Å². The Morgan fingerprint density at radius 3 is 2.64 bits per heavy atom. The molecule has 0 radical (unpaired) electrons. The molecule has 1 saturated carbocycles. The molecule has 7 heteroatoms. The minimum Gasteiger partial charge on any atom is -0.453 e. The number of likely N-dealkylation sites (tertiary alicyclic amines) is 1. The molecule has 136 valence electrons. The van der Waals surface area contributed by atoms with E-state index in [1.807, 2.05) is 12.1 Å². The first-order valence-corrected chi connectivity index (χ1v) is 8.69. The fourth-order valence-electron chi connectivity index (χ4n) is 3.35. The molecule has 0 aromatic heterocycles. The van der Waals surface area contributed by atoms with E-state index in [-0.39, 0.29) is 29.9 Å². The van der Waals surface area contributed by atoms with Gasteiger partial charge in [0.05, 0.1) is 7.11 Å². The van der Waals surface area contributed by atoms with Crippen molar-refractivity contribution in [1.82, 2.24) is 15.5 Å². The van der Waals surface area contributed by atoms with Gasteiger partial charge in [0, 0.05) is 38.1 Å². The largest absolute Gasteiger partial charge is 0.453 e. The molecule has 1 heterocycles. The van der Waals surface area contributed by atoms with Gasteiger partial charge in [-0.05, 0) is 30.9 Å². The quantitative estimate of drug-likeness (QED) is 0.648. The van der Waals surface area contributed by atoms with Crippen molar-refractivity contribution in [2.75, 3.05) is 27.2 Å². The molecular weight excluding hydrogens is 323 g/mol. The van der Waals surface area contributed by atoms with Gasteiger partial charge >= 0.3 is 6.09 Å². The van der Waals surface area contributed by atoms with E-state index in [4.69, 9.17) is 4.74 Å². The van der Waals surface area contributed by atoms with Gasteiger partial charge in [0.15, 0.2) is 5.96 Å². The summed E-state index contributed by atoms with van der Waals surface area (Å²) in [5.74, 6) is 0.788. The summed E-state index contributed by atoms with van der Waals surface area (Å²) in [6.45, 7) is 1.34. The molecule has 3 rings (SSSR count). The van der Waals surface area contributed by atoms with Crippen molar-refractivity contribution in [2.24, 2.45) is 4.99 Å². The standard InChI is InChI=1S/C18H25FN4O2/c1-20-17(21-12-7-9-23(10-8-12)18(24)25-2)22-16-11-14(16)13-5-3-4-6-15(13)19/h3-6,12,14,16H,7-11H2,1-2H3,(H2,20,21,22). The Balaban J connectivity index is 1.47. The third kappa shape index (κ3) is 4.21. The number of halogens is 1. The van der Waals surface area contributed by atoms with Crippen LogP contribution in [0.15, 0.2) is 29.3 Å². The number of aliphatic imine (C=N–C) groups is 1. The number of carbonyl (C=O) groups is 1. The maximum atomic E-state index is 13.9. The fraction of sp³-hybridized carbons (Fsp3) is 0.556. The Labute approximate surface area is 147 Å². The van der Waals surface area contributed by atoms with Gasteiger partial charge in [0.1, 0.15) is 5.82 Å². The number of nitrogens with one attached hydrogen (secondary N) is 2. The molecule has 2 fully saturated rings. The summed E-state index contributed by atoms with van der Waals surface area (Å²) < 4.78 is 18.6. The van der Waals surface area contributed by atoms with Gasteiger partial charge < -0.3 is 20.3 Å². The molecule has 0 bridgehead atoms. The summed E-state index contributed by atoms with van der Waals surface area (Å²) in [4.78, 5) is 17.5. The zero-order valence-electron chi connectivity index (χ0n) is 14.7. The van der Waals surface area contributed by atoms with Gasteiger partial charge in [-0.15, -0.1) is 0 Å². The number of nitrogens with zero attached hydrogens (tertiary/aromatic N) is 2. The van der Waals surface area contributed by atoms with E-state index >= 15 is 0 Å². The van der Waals surface area contributed by atoms with E-state index in [1.54, 1.807) is 18.0 Å². The number of benzene rings is 1. The third-order valence-electron chi connectivity index (χ3n) is 4.91. The SMILES string of the molecule is CN=C(NC1CCN(C(=O)OC)CC1)NC1CC1c1ccccc1F. The second kappa shape index (κ2) is 7.72. The minimum absolute atomic E-state index is 0.144. The van der Waals surface area contributed by atoms with Crippen molar-refractivity contribution < 1.29 is 13.9 Å². The van der Waals surface area contributed by atoms with Crippen molar-refractivity contribution in [1.29, 1.82) is 0 Å². The monoisotopic (exact) mass is 348 g/mol. The van der Waals surface area contributed by atoms with Crippen molar-refractivity contribution in [2.45, 2.75) is 37.3 Å². The Morgan fingerprint density at radius 1 is 1.28 bits per heavy atom. The summed E-state index contributed by atoms with van der Waals surface area (Å²) >= 11 is 0. The third-order valence-corrected chi connectivity index (χ3v) is 4.91. The Morgan fingerprint density at radius 2 is 2.00 bits per heavy atom. The Bertz CT molecular complexity index is 644. The Kier molecular flexibility index (Phi) is 5.40. The second-order valence-electron chi connectivity index (χ2n) is 6.56. The van der Waals surface area contributed by atoms with Crippen LogP contribution in [0.4, 0.5) is 9.18 Å². The van der Waals surface area contributed by atoms with Crippen molar-refractivity contribution in [3.05, 3.63) is 35.6 Å². The predicted molar refractivity (Wildman–Crippen MR) is 94.2 cm³/mol. The van der Waals surface area contributed by atoms with Crippen LogP contribution in [0.25, 0.3) is 0 Å². The molecule has 6 nitrogen and oxygen atoms in total. The van der Waals surface area contributed by atoms with E-state index in [0.717, 1.165) is 30.8 Å². The van der Waals surface area contributed by atoms with E-state index in [2.05, 4.69) is 15.6 Å². The molecule has 1 amide bonds. The lowest BCUT2D eigenvalue weighted by atomic mass is 10.1. The molecule has 0 spiro atoms. The molecule has 1 aliphatic heterocycles. The van der Waals surface area contributed by atoms with Crippen LogP contribution >= 0.6 is 0 Å². The van der Waals surface area contributed by atoms with Gasteiger partial charge in [-0.2, -0.15) is 0 Å². The summed E-state index contributed by atoms with van der Waals surface area (Å²) in [7, 11) is 3.14. The van der Waals surface area contributed by atoms with Crippen LogP contribution in [0.5, 0.6) is 0 Å². The summed E-state index contributed by atoms with van der Waals surface area (Å²) in [6.07, 6.45) is 2.32. The molecule has 2 unspecified atom stereocenters. The fourth-order valence-corrected chi connectivity index (χ4v) is 3.35. The highest BCUT2D eigenvalue weighted by atomic mass is 19.1. The lowest BCUT2D eigenvalue weighted by molar-refractivity contribution is 0.111. The molecule has 2 atom stereocenters. The number of hydrogen-bond acceptors (Lipinski definition) is 3. The smallest absolute Gasteiger partial charge is 0.409 e. The molecule has 1 aliphatic carbocycles. The average molecular weight is 348 g/mol.